The van der Waals surface area contributed by atoms with Crippen LogP contribution in [0.25, 0.3) is 0 Å². The minimum atomic E-state index is 0.770. The monoisotopic (exact) mass is 268 g/mol. The summed E-state index contributed by atoms with van der Waals surface area (Å²) in [6.07, 6.45) is 3.56. The first-order valence-corrected chi connectivity index (χ1v) is 6.67. The summed E-state index contributed by atoms with van der Waals surface area (Å²) in [6.45, 7) is 3.83. The molecule has 0 aromatic heterocycles. The maximum absolute atomic E-state index is 5.57. The Labute approximate surface area is 120 Å². The minimum Gasteiger partial charge on any atom is -0.493 e. The predicted octanol–water partition coefficient (Wildman–Crippen LogP) is 4.02. The molecule has 0 heterocycles. The third-order valence-electron chi connectivity index (χ3n) is 3.33. The summed E-state index contributed by atoms with van der Waals surface area (Å²) < 4.78 is 11.0. The van der Waals surface area contributed by atoms with Gasteiger partial charge in [0.1, 0.15) is 0 Å². The molecule has 0 spiro atoms. The Hall–Kier alpha value is -2.22. The van der Waals surface area contributed by atoms with Crippen LogP contribution < -0.4 is 9.47 Å². The van der Waals surface area contributed by atoms with E-state index in [-0.39, 0.29) is 0 Å². The summed E-state index contributed by atoms with van der Waals surface area (Å²) in [5, 5.41) is 0. The van der Waals surface area contributed by atoms with Crippen molar-refractivity contribution >= 4 is 0 Å². The van der Waals surface area contributed by atoms with Gasteiger partial charge in [-0.3, -0.25) is 0 Å². The summed E-state index contributed by atoms with van der Waals surface area (Å²) in [7, 11) is 3.35. The molecule has 2 heteroatoms. The third kappa shape index (κ3) is 3.02. The lowest BCUT2D eigenvalue weighted by Crippen LogP contribution is -2.01. The fraction of sp³-hybridized carbons (Fsp3) is 0.222. The van der Waals surface area contributed by atoms with Crippen molar-refractivity contribution in [1.82, 2.24) is 0 Å². The largest absolute Gasteiger partial charge is 0.493 e. The lowest BCUT2D eigenvalue weighted by Gasteiger charge is -2.16. The van der Waals surface area contributed by atoms with Crippen molar-refractivity contribution in [1.29, 1.82) is 0 Å². The standard InChI is InChI=1S/C18H20O2/c1-4-8-15-11-12-17(19-2)18(20-3)16(15)13-14-9-6-5-7-10-14/h4-7,9-12H,1,8,13H2,2-3H3. The number of rotatable bonds is 6. The molecule has 0 radical (unpaired) electrons. The van der Waals surface area contributed by atoms with Crippen molar-refractivity contribution in [2.24, 2.45) is 0 Å². The van der Waals surface area contributed by atoms with Crippen LogP contribution >= 0.6 is 0 Å². The molecule has 20 heavy (non-hydrogen) atoms. The number of methoxy groups -OCH3 is 2. The smallest absolute Gasteiger partial charge is 0.164 e. The molecule has 0 unspecified atom stereocenters. The zero-order valence-corrected chi connectivity index (χ0v) is 12.1. The van der Waals surface area contributed by atoms with Crippen LogP contribution in [0.2, 0.25) is 0 Å². The van der Waals surface area contributed by atoms with Gasteiger partial charge < -0.3 is 9.47 Å². The molecule has 0 aliphatic carbocycles. The highest BCUT2D eigenvalue weighted by molar-refractivity contribution is 5.53. The molecule has 0 saturated carbocycles. The third-order valence-corrected chi connectivity index (χ3v) is 3.33. The van der Waals surface area contributed by atoms with Gasteiger partial charge in [-0.05, 0) is 23.6 Å². The lowest BCUT2D eigenvalue weighted by atomic mass is 9.96. The number of hydrogen-bond acceptors (Lipinski definition) is 2. The molecular formula is C18H20O2. The first-order chi connectivity index (χ1) is 9.80. The van der Waals surface area contributed by atoms with Crippen LogP contribution in [0, 0.1) is 0 Å². The molecular weight excluding hydrogens is 248 g/mol. The maximum Gasteiger partial charge on any atom is 0.164 e. The summed E-state index contributed by atoms with van der Waals surface area (Å²) >= 11 is 0. The Morgan fingerprint density at radius 3 is 2.35 bits per heavy atom. The van der Waals surface area contributed by atoms with E-state index >= 15 is 0 Å². The number of allylic oxidation sites excluding steroid dienone is 1. The van der Waals surface area contributed by atoms with E-state index in [1.807, 2.05) is 18.2 Å². The number of benzene rings is 2. The molecule has 104 valence electrons. The van der Waals surface area contributed by atoms with E-state index in [1.165, 1.54) is 11.1 Å². The van der Waals surface area contributed by atoms with Gasteiger partial charge in [-0.15, -0.1) is 6.58 Å². The normalized spacial score (nSPS) is 10.1. The maximum atomic E-state index is 5.57. The lowest BCUT2D eigenvalue weighted by molar-refractivity contribution is 0.351. The zero-order chi connectivity index (χ0) is 14.4. The van der Waals surface area contributed by atoms with Crippen LogP contribution in [0.1, 0.15) is 16.7 Å². The van der Waals surface area contributed by atoms with E-state index in [0.29, 0.717) is 0 Å². The molecule has 0 aliphatic heterocycles. The van der Waals surface area contributed by atoms with Crippen molar-refractivity contribution in [3.05, 3.63) is 71.8 Å². The minimum absolute atomic E-state index is 0.770. The van der Waals surface area contributed by atoms with Gasteiger partial charge >= 0.3 is 0 Å². The van der Waals surface area contributed by atoms with Gasteiger partial charge in [0.2, 0.25) is 0 Å². The fourth-order valence-electron chi connectivity index (χ4n) is 2.37. The molecule has 2 aromatic carbocycles. The second kappa shape index (κ2) is 6.80. The van der Waals surface area contributed by atoms with Crippen LogP contribution in [-0.4, -0.2) is 14.2 Å². The van der Waals surface area contributed by atoms with Crippen molar-refractivity contribution in [3.8, 4) is 11.5 Å². The molecule has 0 atom stereocenters. The van der Waals surface area contributed by atoms with Crippen molar-refractivity contribution in [2.45, 2.75) is 12.8 Å². The first kappa shape index (κ1) is 14.2. The highest BCUT2D eigenvalue weighted by atomic mass is 16.5. The van der Waals surface area contributed by atoms with Crippen molar-refractivity contribution < 1.29 is 9.47 Å². The summed E-state index contributed by atoms with van der Waals surface area (Å²) in [5.41, 5.74) is 3.64. The van der Waals surface area contributed by atoms with Crippen LogP contribution in [0.4, 0.5) is 0 Å². The Morgan fingerprint density at radius 2 is 1.75 bits per heavy atom. The van der Waals surface area contributed by atoms with E-state index in [0.717, 1.165) is 29.9 Å². The number of hydrogen-bond donors (Lipinski definition) is 0. The van der Waals surface area contributed by atoms with E-state index in [2.05, 4.69) is 36.9 Å². The van der Waals surface area contributed by atoms with Gasteiger partial charge in [0.15, 0.2) is 11.5 Å². The van der Waals surface area contributed by atoms with Gasteiger partial charge in [0, 0.05) is 12.0 Å². The van der Waals surface area contributed by atoms with Crippen LogP contribution in [0.5, 0.6) is 11.5 Å². The SMILES string of the molecule is C=CCc1ccc(OC)c(OC)c1Cc1ccccc1. The van der Waals surface area contributed by atoms with Crippen molar-refractivity contribution in [3.63, 3.8) is 0 Å². The predicted molar refractivity (Wildman–Crippen MR) is 82.7 cm³/mol. The molecule has 0 aliphatic rings. The molecule has 2 nitrogen and oxygen atoms in total. The molecule has 0 fully saturated rings. The number of ether oxygens (including phenoxy) is 2. The quantitative estimate of drug-likeness (QED) is 0.737. The van der Waals surface area contributed by atoms with Gasteiger partial charge in [0.25, 0.3) is 0 Å². The van der Waals surface area contributed by atoms with Gasteiger partial charge in [0.05, 0.1) is 14.2 Å². The summed E-state index contributed by atoms with van der Waals surface area (Å²) in [5.74, 6) is 1.59. The molecule has 0 saturated heterocycles. The Morgan fingerprint density at radius 1 is 1.00 bits per heavy atom. The van der Waals surface area contributed by atoms with Gasteiger partial charge in [-0.2, -0.15) is 0 Å². The van der Waals surface area contributed by atoms with E-state index in [1.54, 1.807) is 14.2 Å². The average Bonchev–Trinajstić information content (AvgIpc) is 2.49. The molecule has 0 bridgehead atoms. The van der Waals surface area contributed by atoms with Crippen LogP contribution in [-0.2, 0) is 12.8 Å². The summed E-state index contributed by atoms with van der Waals surface area (Å²) in [4.78, 5) is 0. The summed E-state index contributed by atoms with van der Waals surface area (Å²) in [6, 6.07) is 14.4. The van der Waals surface area contributed by atoms with Crippen molar-refractivity contribution in [2.75, 3.05) is 14.2 Å². The highest BCUT2D eigenvalue weighted by Crippen LogP contribution is 2.35. The zero-order valence-electron chi connectivity index (χ0n) is 12.1. The Bertz CT molecular complexity index is 573. The molecule has 2 aromatic rings. The Balaban J connectivity index is 2.48. The van der Waals surface area contributed by atoms with Gasteiger partial charge in [-0.25, -0.2) is 0 Å². The van der Waals surface area contributed by atoms with Gasteiger partial charge in [-0.1, -0.05) is 42.5 Å². The van der Waals surface area contributed by atoms with Crippen LogP contribution in [0.3, 0.4) is 0 Å². The van der Waals surface area contributed by atoms with Crippen LogP contribution in [0.15, 0.2) is 55.1 Å². The second-order valence-corrected chi connectivity index (χ2v) is 4.59. The second-order valence-electron chi connectivity index (χ2n) is 4.59. The van der Waals surface area contributed by atoms with E-state index in [9.17, 15) is 0 Å². The highest BCUT2D eigenvalue weighted by Gasteiger charge is 2.14. The molecule has 0 N–H and O–H groups in total. The first-order valence-electron chi connectivity index (χ1n) is 6.67. The van der Waals surface area contributed by atoms with E-state index in [4.69, 9.17) is 9.47 Å². The van der Waals surface area contributed by atoms with E-state index < -0.39 is 0 Å². The molecule has 2 rings (SSSR count). The average molecular weight is 268 g/mol. The fourth-order valence-corrected chi connectivity index (χ4v) is 2.37. The Kier molecular flexibility index (Phi) is 4.83. The molecule has 0 amide bonds. The topological polar surface area (TPSA) is 18.5 Å².